The van der Waals surface area contributed by atoms with E-state index in [0.717, 1.165) is 18.2 Å². The van der Waals surface area contributed by atoms with Gasteiger partial charge in [0.25, 0.3) is 5.69 Å². The molecule has 0 amide bonds. The SMILES string of the molecule is O=[N+]([O-])c1ccc(F)cc1Cn1nnc2c(-c3ccco3)ncnc21. The van der Waals surface area contributed by atoms with Crippen LogP contribution in [0.1, 0.15) is 5.56 Å². The van der Waals surface area contributed by atoms with Gasteiger partial charge in [0.1, 0.15) is 17.8 Å². The molecule has 4 aromatic rings. The zero-order valence-corrected chi connectivity index (χ0v) is 12.5. The summed E-state index contributed by atoms with van der Waals surface area (Å²) in [5.74, 6) is -0.0768. The molecule has 25 heavy (non-hydrogen) atoms. The number of aromatic nitrogens is 5. The molecule has 0 saturated carbocycles. The molecule has 124 valence electrons. The van der Waals surface area contributed by atoms with Crippen LogP contribution < -0.4 is 0 Å². The lowest BCUT2D eigenvalue weighted by Gasteiger charge is -2.04. The van der Waals surface area contributed by atoms with E-state index in [4.69, 9.17) is 4.42 Å². The standard InChI is InChI=1S/C15H9FN6O3/c16-10-3-4-11(22(23)24)9(6-10)7-21-15-14(19-20-21)13(17-8-18-15)12-2-1-5-25-12/h1-6,8H,7H2. The van der Waals surface area contributed by atoms with Crippen LogP contribution in [-0.4, -0.2) is 29.9 Å². The zero-order chi connectivity index (χ0) is 17.4. The summed E-state index contributed by atoms with van der Waals surface area (Å²) in [4.78, 5) is 18.8. The molecule has 4 rings (SSSR count). The van der Waals surface area contributed by atoms with Crippen LogP contribution in [0.3, 0.4) is 0 Å². The van der Waals surface area contributed by atoms with E-state index in [0.29, 0.717) is 22.6 Å². The molecule has 0 spiro atoms. The highest BCUT2D eigenvalue weighted by atomic mass is 19.1. The zero-order valence-electron chi connectivity index (χ0n) is 12.5. The third kappa shape index (κ3) is 2.59. The van der Waals surface area contributed by atoms with E-state index in [-0.39, 0.29) is 17.8 Å². The van der Waals surface area contributed by atoms with Crippen molar-refractivity contribution in [3.8, 4) is 11.5 Å². The summed E-state index contributed by atoms with van der Waals surface area (Å²) in [6, 6.07) is 6.69. The first kappa shape index (κ1) is 14.9. The number of furan rings is 1. The molecule has 0 bridgehead atoms. The van der Waals surface area contributed by atoms with Crippen molar-refractivity contribution in [3.63, 3.8) is 0 Å². The van der Waals surface area contributed by atoms with Gasteiger partial charge in [-0.05, 0) is 24.3 Å². The lowest BCUT2D eigenvalue weighted by molar-refractivity contribution is -0.385. The number of hydrogen-bond acceptors (Lipinski definition) is 7. The average Bonchev–Trinajstić information content (AvgIpc) is 3.25. The molecular weight excluding hydrogens is 331 g/mol. The fraction of sp³-hybridized carbons (Fsp3) is 0.0667. The topological polar surface area (TPSA) is 113 Å². The highest BCUT2D eigenvalue weighted by Crippen LogP contribution is 2.25. The molecule has 0 saturated heterocycles. The van der Waals surface area contributed by atoms with Gasteiger partial charge in [-0.3, -0.25) is 10.1 Å². The molecule has 0 fully saturated rings. The molecule has 3 aromatic heterocycles. The number of rotatable bonds is 4. The second-order valence-corrected chi connectivity index (χ2v) is 5.15. The van der Waals surface area contributed by atoms with Gasteiger partial charge < -0.3 is 4.42 Å². The van der Waals surface area contributed by atoms with Gasteiger partial charge in [-0.1, -0.05) is 5.21 Å². The van der Waals surface area contributed by atoms with E-state index >= 15 is 0 Å². The normalized spacial score (nSPS) is 11.1. The van der Waals surface area contributed by atoms with Gasteiger partial charge in [-0.2, -0.15) is 0 Å². The van der Waals surface area contributed by atoms with Crippen molar-refractivity contribution in [2.75, 3.05) is 0 Å². The smallest absolute Gasteiger partial charge is 0.274 e. The summed E-state index contributed by atoms with van der Waals surface area (Å²) in [7, 11) is 0. The van der Waals surface area contributed by atoms with Crippen LogP contribution in [0.25, 0.3) is 22.6 Å². The Hall–Kier alpha value is -3.69. The fourth-order valence-electron chi connectivity index (χ4n) is 2.51. The van der Waals surface area contributed by atoms with E-state index in [1.54, 1.807) is 12.1 Å². The molecule has 1 aromatic carbocycles. The minimum absolute atomic E-state index is 0.0564. The molecule has 9 nitrogen and oxygen atoms in total. The maximum Gasteiger partial charge on any atom is 0.274 e. The third-order valence-corrected chi connectivity index (χ3v) is 3.61. The summed E-state index contributed by atoms with van der Waals surface area (Å²) in [5.41, 5.74) is 1.16. The Morgan fingerprint density at radius 3 is 2.92 bits per heavy atom. The quantitative estimate of drug-likeness (QED) is 0.414. The van der Waals surface area contributed by atoms with Crippen molar-refractivity contribution in [2.45, 2.75) is 6.54 Å². The average molecular weight is 340 g/mol. The predicted molar refractivity (Wildman–Crippen MR) is 83.0 cm³/mol. The summed E-state index contributed by atoms with van der Waals surface area (Å²) < 4.78 is 20.2. The number of fused-ring (bicyclic) bond motifs is 1. The number of hydrogen-bond donors (Lipinski definition) is 0. The molecule has 0 unspecified atom stereocenters. The fourth-order valence-corrected chi connectivity index (χ4v) is 2.51. The summed E-state index contributed by atoms with van der Waals surface area (Å²) in [5, 5.41) is 19.1. The number of benzene rings is 1. The minimum Gasteiger partial charge on any atom is -0.463 e. The van der Waals surface area contributed by atoms with Crippen molar-refractivity contribution in [2.24, 2.45) is 0 Å². The van der Waals surface area contributed by atoms with Gasteiger partial charge in [-0.15, -0.1) is 5.10 Å². The Balaban J connectivity index is 1.81. The highest BCUT2D eigenvalue weighted by molar-refractivity contribution is 5.84. The number of nitrogens with zero attached hydrogens (tertiary/aromatic N) is 6. The Bertz CT molecular complexity index is 1080. The van der Waals surface area contributed by atoms with Crippen LogP contribution in [0.4, 0.5) is 10.1 Å². The van der Waals surface area contributed by atoms with Gasteiger partial charge in [-0.25, -0.2) is 19.0 Å². The van der Waals surface area contributed by atoms with Gasteiger partial charge in [0.15, 0.2) is 16.9 Å². The van der Waals surface area contributed by atoms with Gasteiger partial charge in [0, 0.05) is 6.07 Å². The van der Waals surface area contributed by atoms with Gasteiger partial charge in [0.2, 0.25) is 0 Å². The van der Waals surface area contributed by atoms with Crippen molar-refractivity contribution < 1.29 is 13.7 Å². The first-order chi connectivity index (χ1) is 12.1. The van der Waals surface area contributed by atoms with Crippen LogP contribution in [-0.2, 0) is 6.54 Å². The molecule has 0 radical (unpaired) electrons. The second-order valence-electron chi connectivity index (χ2n) is 5.15. The molecule has 10 heteroatoms. The van der Waals surface area contributed by atoms with Crippen molar-refractivity contribution >= 4 is 16.9 Å². The first-order valence-corrected chi connectivity index (χ1v) is 7.14. The van der Waals surface area contributed by atoms with Crippen LogP contribution in [0.5, 0.6) is 0 Å². The maximum atomic E-state index is 13.5. The molecule has 0 aliphatic carbocycles. The number of halogens is 1. The van der Waals surface area contributed by atoms with Gasteiger partial charge in [0.05, 0.1) is 23.3 Å². The van der Waals surface area contributed by atoms with Crippen LogP contribution in [0.2, 0.25) is 0 Å². The van der Waals surface area contributed by atoms with E-state index in [2.05, 4.69) is 20.3 Å². The van der Waals surface area contributed by atoms with Crippen molar-refractivity contribution in [3.05, 3.63) is 64.4 Å². The summed E-state index contributed by atoms with van der Waals surface area (Å²) in [6.45, 7) is -0.0564. The van der Waals surface area contributed by atoms with Crippen LogP contribution in [0, 0.1) is 15.9 Å². The third-order valence-electron chi connectivity index (χ3n) is 3.61. The Kier molecular flexibility index (Phi) is 3.42. The van der Waals surface area contributed by atoms with Crippen LogP contribution >= 0.6 is 0 Å². The largest absolute Gasteiger partial charge is 0.463 e. The van der Waals surface area contributed by atoms with E-state index in [1.165, 1.54) is 17.3 Å². The first-order valence-electron chi connectivity index (χ1n) is 7.14. The summed E-state index contributed by atoms with van der Waals surface area (Å²) in [6.07, 6.45) is 2.82. The molecule has 0 atom stereocenters. The van der Waals surface area contributed by atoms with E-state index in [9.17, 15) is 14.5 Å². The van der Waals surface area contributed by atoms with Crippen molar-refractivity contribution in [1.82, 2.24) is 25.0 Å². The molecule has 0 aliphatic rings. The Morgan fingerprint density at radius 1 is 1.28 bits per heavy atom. The number of nitro benzene ring substituents is 1. The molecule has 0 N–H and O–H groups in total. The maximum absolute atomic E-state index is 13.5. The molecule has 3 heterocycles. The molecule has 0 aliphatic heterocycles. The Morgan fingerprint density at radius 2 is 2.16 bits per heavy atom. The van der Waals surface area contributed by atoms with Crippen molar-refractivity contribution in [1.29, 1.82) is 0 Å². The Labute approximate surface area is 138 Å². The molecular formula is C15H9FN6O3. The minimum atomic E-state index is -0.573. The lowest BCUT2D eigenvalue weighted by atomic mass is 10.1. The number of nitro groups is 1. The predicted octanol–water partition coefficient (Wildman–Crippen LogP) is 2.58. The lowest BCUT2D eigenvalue weighted by Crippen LogP contribution is -2.06. The monoisotopic (exact) mass is 340 g/mol. The second kappa shape index (κ2) is 5.74. The van der Waals surface area contributed by atoms with Gasteiger partial charge >= 0.3 is 0 Å². The highest BCUT2D eigenvalue weighted by Gasteiger charge is 2.19. The summed E-state index contributed by atoms with van der Waals surface area (Å²) >= 11 is 0. The van der Waals surface area contributed by atoms with Crippen LogP contribution in [0.15, 0.2) is 47.3 Å². The van der Waals surface area contributed by atoms with E-state index in [1.807, 2.05) is 0 Å². The van der Waals surface area contributed by atoms with E-state index < -0.39 is 10.7 Å².